The van der Waals surface area contributed by atoms with Crippen molar-refractivity contribution in [1.82, 2.24) is 5.32 Å². The normalized spacial score (nSPS) is 15.3. The summed E-state index contributed by atoms with van der Waals surface area (Å²) in [6.07, 6.45) is 0.722. The van der Waals surface area contributed by atoms with E-state index in [2.05, 4.69) is 39.9 Å². The van der Waals surface area contributed by atoms with Crippen molar-refractivity contribution in [2.45, 2.75) is 46.6 Å². The Hall–Kier alpha value is -0.600. The minimum Gasteiger partial charge on any atom is -0.312 e. The van der Waals surface area contributed by atoms with Gasteiger partial charge in [0.2, 0.25) is 0 Å². The lowest BCUT2D eigenvalue weighted by Gasteiger charge is -2.26. The summed E-state index contributed by atoms with van der Waals surface area (Å²) < 4.78 is 13.7. The minimum atomic E-state index is -0.160. The molecule has 0 saturated carbocycles. The fourth-order valence-corrected chi connectivity index (χ4v) is 2.11. The predicted octanol–water partition coefficient (Wildman–Crippen LogP) is 4.68. The average molecular weight is 286 g/mol. The lowest BCUT2D eigenvalue weighted by atomic mass is 9.89. The summed E-state index contributed by atoms with van der Waals surface area (Å²) in [5.74, 6) is 0.729. The molecule has 0 bridgehead atoms. The molecule has 19 heavy (non-hydrogen) atoms. The number of hydrogen-bond donors (Lipinski definition) is 1. The summed E-state index contributed by atoms with van der Waals surface area (Å²) in [6, 6.07) is 4.77. The molecule has 0 aliphatic heterocycles. The smallest absolute Gasteiger partial charge is 0.126 e. The molecule has 2 atom stereocenters. The number of nitrogens with one attached hydrogen (secondary N) is 1. The lowest BCUT2D eigenvalue weighted by Crippen LogP contribution is -2.40. The zero-order valence-corrected chi connectivity index (χ0v) is 13.3. The molecule has 0 aromatic heterocycles. The molecule has 1 rings (SSSR count). The third-order valence-electron chi connectivity index (χ3n) is 3.48. The summed E-state index contributed by atoms with van der Waals surface area (Å²) in [6.45, 7) is 11.8. The van der Waals surface area contributed by atoms with Gasteiger partial charge >= 0.3 is 0 Å². The van der Waals surface area contributed by atoms with Crippen LogP contribution >= 0.6 is 11.6 Å². The van der Waals surface area contributed by atoms with Gasteiger partial charge in [-0.05, 0) is 69.3 Å². The highest BCUT2D eigenvalue weighted by Gasteiger charge is 2.17. The molecule has 2 unspecified atom stereocenters. The molecule has 0 fully saturated rings. The fraction of sp³-hybridized carbons (Fsp3) is 0.625. The molecular formula is C16H25ClFN. The molecule has 1 nitrogen and oxygen atoms in total. The minimum absolute atomic E-state index is 0.120. The first-order valence-corrected chi connectivity index (χ1v) is 7.26. The molecule has 0 spiro atoms. The average Bonchev–Trinajstić information content (AvgIpc) is 2.29. The zero-order valence-electron chi connectivity index (χ0n) is 12.6. The standard InChI is InChI=1S/C16H25ClFN/c1-11(12(2)10-19-16(3,4)5)8-13-9-14(17)6-7-15(13)18/h6-7,9,11-12,19H,8,10H2,1-5H3. The van der Waals surface area contributed by atoms with Crippen LogP contribution in [-0.2, 0) is 6.42 Å². The Morgan fingerprint density at radius 2 is 1.84 bits per heavy atom. The second-order valence-corrected chi connectivity index (χ2v) is 6.96. The maximum absolute atomic E-state index is 13.7. The van der Waals surface area contributed by atoms with Gasteiger partial charge in [0.05, 0.1) is 0 Å². The molecule has 0 aliphatic carbocycles. The van der Waals surface area contributed by atoms with E-state index in [0.717, 1.165) is 13.0 Å². The van der Waals surface area contributed by atoms with Gasteiger partial charge < -0.3 is 5.32 Å². The van der Waals surface area contributed by atoms with Gasteiger partial charge in [0.25, 0.3) is 0 Å². The first kappa shape index (κ1) is 16.5. The van der Waals surface area contributed by atoms with E-state index in [9.17, 15) is 4.39 Å². The summed E-state index contributed by atoms with van der Waals surface area (Å²) in [5, 5.41) is 4.10. The number of benzene rings is 1. The van der Waals surface area contributed by atoms with E-state index >= 15 is 0 Å². The maximum atomic E-state index is 13.7. The Labute approximate surface area is 121 Å². The molecule has 1 N–H and O–H groups in total. The lowest BCUT2D eigenvalue weighted by molar-refractivity contribution is 0.315. The quantitative estimate of drug-likeness (QED) is 0.828. The third-order valence-corrected chi connectivity index (χ3v) is 3.71. The summed E-state index contributed by atoms with van der Waals surface area (Å²) in [5.41, 5.74) is 0.831. The molecule has 1 aromatic rings. The zero-order chi connectivity index (χ0) is 14.6. The Balaban J connectivity index is 2.58. The molecule has 0 saturated heterocycles. The highest BCUT2D eigenvalue weighted by atomic mass is 35.5. The van der Waals surface area contributed by atoms with Crippen LogP contribution in [0.25, 0.3) is 0 Å². The summed E-state index contributed by atoms with van der Waals surface area (Å²) >= 11 is 5.92. The van der Waals surface area contributed by atoms with E-state index in [1.165, 1.54) is 6.07 Å². The van der Waals surface area contributed by atoms with Gasteiger partial charge in [0.1, 0.15) is 5.82 Å². The largest absolute Gasteiger partial charge is 0.312 e. The van der Waals surface area contributed by atoms with Gasteiger partial charge in [-0.3, -0.25) is 0 Å². The molecule has 0 heterocycles. The molecule has 108 valence electrons. The van der Waals surface area contributed by atoms with Crippen molar-refractivity contribution in [3.63, 3.8) is 0 Å². The van der Waals surface area contributed by atoms with Crippen LogP contribution in [0.5, 0.6) is 0 Å². The van der Waals surface area contributed by atoms with E-state index in [1.807, 2.05) is 0 Å². The van der Waals surface area contributed by atoms with Gasteiger partial charge in [-0.25, -0.2) is 4.39 Å². The summed E-state index contributed by atoms with van der Waals surface area (Å²) in [4.78, 5) is 0. The SMILES string of the molecule is CC(CNC(C)(C)C)C(C)Cc1cc(Cl)ccc1F. The molecule has 3 heteroatoms. The molecular weight excluding hydrogens is 261 g/mol. The monoisotopic (exact) mass is 285 g/mol. The van der Waals surface area contributed by atoms with Crippen LogP contribution in [0.4, 0.5) is 4.39 Å². The van der Waals surface area contributed by atoms with Crippen molar-refractivity contribution < 1.29 is 4.39 Å². The van der Waals surface area contributed by atoms with E-state index < -0.39 is 0 Å². The second-order valence-electron chi connectivity index (χ2n) is 6.53. The van der Waals surface area contributed by atoms with E-state index in [-0.39, 0.29) is 11.4 Å². The Morgan fingerprint density at radius 1 is 1.21 bits per heavy atom. The Kier molecular flexibility index (Phi) is 5.82. The molecule has 1 aromatic carbocycles. The van der Waals surface area contributed by atoms with Crippen LogP contribution in [0.1, 0.15) is 40.2 Å². The van der Waals surface area contributed by atoms with Crippen molar-refractivity contribution in [3.8, 4) is 0 Å². The Morgan fingerprint density at radius 3 is 2.42 bits per heavy atom. The van der Waals surface area contributed by atoms with Gasteiger partial charge in [0, 0.05) is 10.6 Å². The van der Waals surface area contributed by atoms with Crippen LogP contribution in [0.15, 0.2) is 18.2 Å². The molecule has 0 radical (unpaired) electrons. The van der Waals surface area contributed by atoms with E-state index in [0.29, 0.717) is 22.4 Å². The van der Waals surface area contributed by atoms with Crippen molar-refractivity contribution in [1.29, 1.82) is 0 Å². The maximum Gasteiger partial charge on any atom is 0.126 e. The molecule has 0 amide bonds. The van der Waals surface area contributed by atoms with Gasteiger partial charge in [0.15, 0.2) is 0 Å². The first-order valence-electron chi connectivity index (χ1n) is 6.88. The highest BCUT2D eigenvalue weighted by molar-refractivity contribution is 6.30. The van der Waals surface area contributed by atoms with Gasteiger partial charge in [-0.1, -0.05) is 25.4 Å². The number of hydrogen-bond acceptors (Lipinski definition) is 1. The second kappa shape index (κ2) is 6.71. The van der Waals surface area contributed by atoms with E-state index in [4.69, 9.17) is 11.6 Å². The fourth-order valence-electron chi connectivity index (χ4n) is 1.92. The van der Waals surface area contributed by atoms with Gasteiger partial charge in [-0.15, -0.1) is 0 Å². The van der Waals surface area contributed by atoms with Crippen molar-refractivity contribution in [2.75, 3.05) is 6.54 Å². The number of rotatable bonds is 5. The van der Waals surface area contributed by atoms with Crippen molar-refractivity contribution in [2.24, 2.45) is 11.8 Å². The molecule has 0 aliphatic rings. The van der Waals surface area contributed by atoms with Crippen molar-refractivity contribution in [3.05, 3.63) is 34.6 Å². The number of halogens is 2. The van der Waals surface area contributed by atoms with Crippen LogP contribution in [0, 0.1) is 17.7 Å². The van der Waals surface area contributed by atoms with Crippen LogP contribution in [0.3, 0.4) is 0 Å². The Bertz CT molecular complexity index is 412. The third kappa shape index (κ3) is 5.92. The van der Waals surface area contributed by atoms with Crippen LogP contribution in [0.2, 0.25) is 5.02 Å². The summed E-state index contributed by atoms with van der Waals surface area (Å²) in [7, 11) is 0. The van der Waals surface area contributed by atoms with Crippen LogP contribution < -0.4 is 5.32 Å². The first-order chi connectivity index (χ1) is 8.69. The van der Waals surface area contributed by atoms with E-state index in [1.54, 1.807) is 12.1 Å². The highest BCUT2D eigenvalue weighted by Crippen LogP contribution is 2.22. The van der Waals surface area contributed by atoms with Gasteiger partial charge in [-0.2, -0.15) is 0 Å². The van der Waals surface area contributed by atoms with Crippen molar-refractivity contribution >= 4 is 11.6 Å². The topological polar surface area (TPSA) is 12.0 Å². The van der Waals surface area contributed by atoms with Crippen LogP contribution in [-0.4, -0.2) is 12.1 Å². The predicted molar refractivity (Wildman–Crippen MR) is 81.2 cm³/mol.